The number of nitrogens with one attached hydrogen (secondary N) is 2. The molecule has 0 aromatic carbocycles. The Morgan fingerprint density at radius 3 is 2.43 bits per heavy atom. The third-order valence-corrected chi connectivity index (χ3v) is 7.04. The molecule has 2 aromatic rings. The van der Waals surface area contributed by atoms with Crippen molar-refractivity contribution in [2.75, 3.05) is 0 Å². The first-order valence-electron chi connectivity index (χ1n) is 12.1. The van der Waals surface area contributed by atoms with Crippen LogP contribution in [0.3, 0.4) is 0 Å². The van der Waals surface area contributed by atoms with Crippen LogP contribution in [0, 0.1) is 6.92 Å². The first kappa shape index (κ1) is 24.2. The Hall–Kier alpha value is -4.52. The fraction of sp³-hybridized carbons (Fsp3) is 0.200. The third-order valence-electron chi connectivity index (χ3n) is 7.04. The van der Waals surface area contributed by atoms with E-state index in [1.54, 1.807) is 12.2 Å². The van der Waals surface area contributed by atoms with Crippen LogP contribution in [0.25, 0.3) is 44.5 Å². The molecule has 2 aromatic heterocycles. The molecule has 5 heterocycles. The van der Waals surface area contributed by atoms with Crippen LogP contribution in [0.5, 0.6) is 0 Å². The normalized spacial score (nSPS) is 14.3. The van der Waals surface area contributed by atoms with E-state index in [4.69, 9.17) is 14.4 Å². The quantitative estimate of drug-likeness (QED) is 0.498. The second-order valence-corrected chi connectivity index (χ2v) is 9.39. The molecule has 0 spiro atoms. The summed E-state index contributed by atoms with van der Waals surface area (Å²) in [6.07, 6.45) is 3.96. The molecule has 0 radical (unpaired) electrons. The van der Waals surface area contributed by atoms with Crippen molar-refractivity contribution in [2.24, 2.45) is 0 Å². The van der Waals surface area contributed by atoms with E-state index in [0.29, 0.717) is 23.9 Å². The summed E-state index contributed by atoms with van der Waals surface area (Å²) < 4.78 is 6.31. The van der Waals surface area contributed by atoms with Gasteiger partial charge in [0.15, 0.2) is 0 Å². The van der Waals surface area contributed by atoms with E-state index in [9.17, 15) is 9.90 Å². The molecule has 7 heteroatoms. The van der Waals surface area contributed by atoms with Gasteiger partial charge in [0.05, 0.1) is 22.7 Å². The Morgan fingerprint density at radius 1 is 0.973 bits per heavy atom. The van der Waals surface area contributed by atoms with E-state index in [1.807, 2.05) is 45.9 Å². The van der Waals surface area contributed by atoms with Crippen molar-refractivity contribution >= 4 is 50.4 Å². The Labute approximate surface area is 215 Å². The summed E-state index contributed by atoms with van der Waals surface area (Å²) in [4.78, 5) is 27.9. The molecular formula is C30H29N4O3+. The highest BCUT2D eigenvalue weighted by atomic mass is 16.4. The summed E-state index contributed by atoms with van der Waals surface area (Å²) in [6, 6.07) is 8.01. The standard InChI is InChI=1S/C30H28N4O3/c1-7-20-18(6)29-34-27(20)14-24-17(5)22(9-10-28(35)36)26(32-24)12-19-11-15(3)23(31-19)13-25-16(4)21(8-2)30(33-25)37-29/h7-8,11-14,31H,1-2,9-10H2,3-6H3,(H,35,36)/p+1. The number of aromatic nitrogens is 4. The molecule has 3 aliphatic rings. The number of allylic oxidation sites excluding steroid dienone is 8. The van der Waals surface area contributed by atoms with Crippen molar-refractivity contribution in [1.82, 2.24) is 15.0 Å². The SMILES string of the molecule is C=CC1=C(C)c2nc1cc1nc(cc3cc(C)c(cc4[nH+]c(o2)C(C=C)=C4C)[nH]3)C(CCC(=O)O)=C1C. The smallest absolute Gasteiger partial charge is 0.381 e. The molecule has 37 heavy (non-hydrogen) atoms. The Bertz CT molecular complexity index is 1680. The molecule has 7 nitrogen and oxygen atoms in total. The second-order valence-electron chi connectivity index (χ2n) is 9.39. The predicted molar refractivity (Wildman–Crippen MR) is 146 cm³/mol. The monoisotopic (exact) mass is 493 g/mol. The zero-order valence-corrected chi connectivity index (χ0v) is 21.5. The second kappa shape index (κ2) is 9.17. The molecule has 0 unspecified atom stereocenters. The molecule has 3 N–H and O–H groups in total. The highest BCUT2D eigenvalue weighted by Gasteiger charge is 2.26. The van der Waals surface area contributed by atoms with E-state index in [0.717, 1.165) is 67.1 Å². The Morgan fingerprint density at radius 2 is 1.73 bits per heavy atom. The van der Waals surface area contributed by atoms with Gasteiger partial charge >= 0.3 is 11.9 Å². The summed E-state index contributed by atoms with van der Waals surface area (Å²) >= 11 is 0. The summed E-state index contributed by atoms with van der Waals surface area (Å²) in [7, 11) is 0. The molecule has 0 fully saturated rings. The van der Waals surface area contributed by atoms with E-state index in [2.05, 4.69) is 29.2 Å². The molecule has 5 rings (SSSR count). The maximum Gasteiger partial charge on any atom is 0.381 e. The average molecular weight is 494 g/mol. The van der Waals surface area contributed by atoms with Gasteiger partial charge in [-0.1, -0.05) is 25.3 Å². The highest BCUT2D eigenvalue weighted by molar-refractivity contribution is 5.97. The largest absolute Gasteiger partial charge is 0.481 e. The Balaban J connectivity index is 1.89. The van der Waals surface area contributed by atoms with E-state index >= 15 is 0 Å². The van der Waals surface area contributed by atoms with Crippen molar-refractivity contribution in [1.29, 1.82) is 0 Å². The first-order chi connectivity index (χ1) is 17.7. The van der Waals surface area contributed by atoms with Gasteiger partial charge in [0.25, 0.3) is 0 Å². The lowest BCUT2D eigenvalue weighted by Crippen LogP contribution is -2.06. The lowest BCUT2D eigenvalue weighted by Gasteiger charge is -2.02. The number of H-pyrrole nitrogens is 2. The maximum absolute atomic E-state index is 11.4. The zero-order chi connectivity index (χ0) is 26.4. The zero-order valence-electron chi connectivity index (χ0n) is 21.5. The molecule has 0 atom stereocenters. The minimum atomic E-state index is -0.841. The highest BCUT2D eigenvalue weighted by Crippen LogP contribution is 2.36. The number of carboxylic acid groups (broad SMARTS) is 1. The van der Waals surface area contributed by atoms with Crippen LogP contribution < -0.4 is 4.98 Å². The van der Waals surface area contributed by atoms with Crippen molar-refractivity contribution in [3.8, 4) is 0 Å². The van der Waals surface area contributed by atoms with Gasteiger partial charge in [0.1, 0.15) is 0 Å². The number of carbonyl (C=O) groups is 1. The van der Waals surface area contributed by atoms with Crippen molar-refractivity contribution in [2.45, 2.75) is 40.5 Å². The third kappa shape index (κ3) is 4.22. The van der Waals surface area contributed by atoms with Crippen molar-refractivity contribution < 1.29 is 19.3 Å². The number of hydrogen-bond acceptors (Lipinski definition) is 4. The number of aryl methyl sites for hydroxylation is 1. The number of rotatable bonds is 5. The van der Waals surface area contributed by atoms with Crippen molar-refractivity contribution in [3.05, 3.63) is 89.7 Å². The van der Waals surface area contributed by atoms with E-state index in [1.165, 1.54) is 0 Å². The lowest BCUT2D eigenvalue weighted by atomic mass is 10.0. The van der Waals surface area contributed by atoms with Crippen LogP contribution in [0.15, 0.2) is 54.0 Å². The minimum absolute atomic E-state index is 0.0269. The van der Waals surface area contributed by atoms with Crippen LogP contribution in [0.1, 0.15) is 73.7 Å². The van der Waals surface area contributed by atoms with Gasteiger partial charge in [-0.05, 0) is 69.0 Å². The van der Waals surface area contributed by atoms with E-state index in [-0.39, 0.29) is 6.42 Å². The summed E-state index contributed by atoms with van der Waals surface area (Å²) in [5, 5.41) is 9.33. The van der Waals surface area contributed by atoms with Crippen LogP contribution in [0.4, 0.5) is 0 Å². The van der Waals surface area contributed by atoms with Gasteiger partial charge in [-0.15, -0.1) is 0 Å². The fourth-order valence-corrected chi connectivity index (χ4v) is 4.88. The van der Waals surface area contributed by atoms with Gasteiger partial charge in [-0.3, -0.25) is 4.79 Å². The first-order valence-corrected chi connectivity index (χ1v) is 12.1. The number of fused-ring (bicyclic) bond motifs is 8. The van der Waals surface area contributed by atoms with Crippen LogP contribution >= 0.6 is 0 Å². The lowest BCUT2D eigenvalue weighted by molar-refractivity contribution is -0.398. The van der Waals surface area contributed by atoms with E-state index < -0.39 is 5.97 Å². The molecule has 0 aliphatic carbocycles. The molecule has 0 saturated heterocycles. The summed E-state index contributed by atoms with van der Waals surface area (Å²) in [6.45, 7) is 16.0. The van der Waals surface area contributed by atoms with Gasteiger partial charge < -0.3 is 14.5 Å². The van der Waals surface area contributed by atoms with Crippen LogP contribution in [-0.4, -0.2) is 26.0 Å². The summed E-state index contributed by atoms with van der Waals surface area (Å²) in [5.41, 5.74) is 11.5. The van der Waals surface area contributed by atoms with Gasteiger partial charge in [0.2, 0.25) is 11.6 Å². The summed E-state index contributed by atoms with van der Waals surface area (Å²) in [5.74, 6) is 0.210. The topological polar surface area (TPSA) is 106 Å². The van der Waals surface area contributed by atoms with Gasteiger partial charge in [-0.25, -0.2) is 9.97 Å². The molecule has 0 saturated carbocycles. The molecule has 8 bridgehead atoms. The average Bonchev–Trinajstić information content (AvgIpc) is 3.52. The molecular weight excluding hydrogens is 464 g/mol. The number of nitrogens with zero attached hydrogens (tertiary/aromatic N) is 2. The van der Waals surface area contributed by atoms with Crippen LogP contribution in [0.2, 0.25) is 0 Å². The maximum atomic E-state index is 11.4. The van der Waals surface area contributed by atoms with Gasteiger partial charge in [0, 0.05) is 40.2 Å². The Kier molecular flexibility index (Phi) is 5.99. The minimum Gasteiger partial charge on any atom is -0.481 e. The molecule has 3 aliphatic heterocycles. The molecule has 0 amide bonds. The van der Waals surface area contributed by atoms with Crippen LogP contribution in [-0.2, 0) is 4.79 Å². The van der Waals surface area contributed by atoms with Gasteiger partial charge in [-0.2, -0.15) is 4.98 Å². The number of hydrogen-bond donors (Lipinski definition) is 2. The number of aromatic amines is 2. The molecule has 186 valence electrons. The van der Waals surface area contributed by atoms with Crippen molar-refractivity contribution in [3.63, 3.8) is 0 Å². The fourth-order valence-electron chi connectivity index (χ4n) is 4.88. The number of carboxylic acids is 1. The number of aliphatic carboxylic acids is 1. The predicted octanol–water partition coefficient (Wildman–Crippen LogP) is 6.45.